The van der Waals surface area contributed by atoms with Crippen LogP contribution in [0.25, 0.3) is 0 Å². The molecule has 0 aromatic heterocycles. The van der Waals surface area contributed by atoms with Gasteiger partial charge in [-0.1, -0.05) is 6.07 Å². The summed E-state index contributed by atoms with van der Waals surface area (Å²) in [7, 11) is 3.81. The standard InChI is InChI=1S/C16H26N2O/c1-11-10-15(19-4)12(2)9-14(11)16(17-3)13-5-7-18-8-6-13/h9-10,13,16-18H,5-8H2,1-4H3. The van der Waals surface area contributed by atoms with Gasteiger partial charge in [-0.3, -0.25) is 0 Å². The van der Waals surface area contributed by atoms with E-state index in [0.717, 1.165) is 24.8 Å². The van der Waals surface area contributed by atoms with Crippen molar-refractivity contribution in [1.29, 1.82) is 0 Å². The Morgan fingerprint density at radius 2 is 1.89 bits per heavy atom. The Morgan fingerprint density at radius 3 is 2.47 bits per heavy atom. The largest absolute Gasteiger partial charge is 0.496 e. The van der Waals surface area contributed by atoms with Crippen molar-refractivity contribution >= 4 is 0 Å². The van der Waals surface area contributed by atoms with Crippen LogP contribution in [0.2, 0.25) is 0 Å². The zero-order valence-corrected chi connectivity index (χ0v) is 12.5. The molecule has 1 heterocycles. The van der Waals surface area contributed by atoms with E-state index in [2.05, 4.69) is 43.7 Å². The number of piperidine rings is 1. The molecule has 1 unspecified atom stereocenters. The fraction of sp³-hybridized carbons (Fsp3) is 0.625. The van der Waals surface area contributed by atoms with Gasteiger partial charge < -0.3 is 15.4 Å². The lowest BCUT2D eigenvalue weighted by molar-refractivity contribution is 0.293. The molecule has 2 N–H and O–H groups in total. The average Bonchev–Trinajstić information content (AvgIpc) is 2.44. The number of hydrogen-bond acceptors (Lipinski definition) is 3. The molecular formula is C16H26N2O. The molecule has 0 bridgehead atoms. The second-order valence-electron chi connectivity index (χ2n) is 5.53. The van der Waals surface area contributed by atoms with Crippen LogP contribution in [0.1, 0.15) is 35.6 Å². The number of nitrogens with one attached hydrogen (secondary N) is 2. The maximum absolute atomic E-state index is 5.41. The Kier molecular flexibility index (Phi) is 4.83. The van der Waals surface area contributed by atoms with Crippen molar-refractivity contribution in [2.75, 3.05) is 27.2 Å². The number of aryl methyl sites for hydroxylation is 2. The molecule has 1 atom stereocenters. The summed E-state index contributed by atoms with van der Waals surface area (Å²) in [6, 6.07) is 4.90. The van der Waals surface area contributed by atoms with E-state index in [1.54, 1.807) is 7.11 Å². The molecule has 0 aliphatic carbocycles. The molecule has 1 aromatic rings. The maximum atomic E-state index is 5.41. The van der Waals surface area contributed by atoms with E-state index >= 15 is 0 Å². The smallest absolute Gasteiger partial charge is 0.122 e. The highest BCUT2D eigenvalue weighted by Gasteiger charge is 2.25. The number of methoxy groups -OCH3 is 1. The van der Waals surface area contributed by atoms with Gasteiger partial charge >= 0.3 is 0 Å². The molecule has 0 spiro atoms. The highest BCUT2D eigenvalue weighted by molar-refractivity contribution is 5.43. The molecule has 19 heavy (non-hydrogen) atoms. The van der Waals surface area contributed by atoms with Crippen molar-refractivity contribution in [2.45, 2.75) is 32.7 Å². The van der Waals surface area contributed by atoms with Crippen molar-refractivity contribution in [3.8, 4) is 5.75 Å². The Hall–Kier alpha value is -1.06. The molecular weight excluding hydrogens is 236 g/mol. The van der Waals surface area contributed by atoms with Crippen LogP contribution in [-0.2, 0) is 0 Å². The van der Waals surface area contributed by atoms with E-state index in [1.807, 2.05) is 0 Å². The van der Waals surface area contributed by atoms with Gasteiger partial charge in [-0.15, -0.1) is 0 Å². The van der Waals surface area contributed by atoms with Gasteiger partial charge in [0.05, 0.1) is 7.11 Å². The molecule has 1 saturated heterocycles. The molecule has 1 fully saturated rings. The highest BCUT2D eigenvalue weighted by Crippen LogP contribution is 2.33. The van der Waals surface area contributed by atoms with Crippen LogP contribution in [0.3, 0.4) is 0 Å². The first kappa shape index (κ1) is 14.4. The lowest BCUT2D eigenvalue weighted by Gasteiger charge is -2.32. The van der Waals surface area contributed by atoms with E-state index in [0.29, 0.717) is 6.04 Å². The minimum absolute atomic E-state index is 0.451. The van der Waals surface area contributed by atoms with Crippen molar-refractivity contribution < 1.29 is 4.74 Å². The first-order chi connectivity index (χ1) is 9.17. The molecule has 3 nitrogen and oxygen atoms in total. The minimum atomic E-state index is 0.451. The van der Waals surface area contributed by atoms with Crippen molar-refractivity contribution in [3.63, 3.8) is 0 Å². The van der Waals surface area contributed by atoms with Crippen LogP contribution in [-0.4, -0.2) is 27.2 Å². The zero-order chi connectivity index (χ0) is 13.8. The van der Waals surface area contributed by atoms with E-state index in [-0.39, 0.29) is 0 Å². The summed E-state index contributed by atoms with van der Waals surface area (Å²) in [5, 5.41) is 6.97. The predicted molar refractivity (Wildman–Crippen MR) is 79.9 cm³/mol. The molecule has 0 saturated carbocycles. The number of hydrogen-bond donors (Lipinski definition) is 2. The summed E-state index contributed by atoms with van der Waals surface area (Å²) < 4.78 is 5.41. The Morgan fingerprint density at radius 1 is 1.21 bits per heavy atom. The van der Waals surface area contributed by atoms with E-state index < -0.39 is 0 Å². The van der Waals surface area contributed by atoms with Gasteiger partial charge in [0.2, 0.25) is 0 Å². The lowest BCUT2D eigenvalue weighted by Crippen LogP contribution is -2.35. The predicted octanol–water partition coefficient (Wildman–Crippen LogP) is 2.57. The summed E-state index contributed by atoms with van der Waals surface area (Å²) in [6.07, 6.45) is 2.49. The fourth-order valence-electron chi connectivity index (χ4n) is 3.19. The molecule has 1 aromatic carbocycles. The fourth-order valence-corrected chi connectivity index (χ4v) is 3.19. The van der Waals surface area contributed by atoms with Crippen LogP contribution in [0.5, 0.6) is 5.75 Å². The molecule has 2 rings (SSSR count). The van der Waals surface area contributed by atoms with Gasteiger partial charge in [0.1, 0.15) is 5.75 Å². The lowest BCUT2D eigenvalue weighted by atomic mass is 9.84. The van der Waals surface area contributed by atoms with Crippen molar-refractivity contribution in [1.82, 2.24) is 10.6 Å². The SMILES string of the molecule is CNC(c1cc(C)c(OC)cc1C)C1CCNCC1. The quantitative estimate of drug-likeness (QED) is 0.875. The zero-order valence-electron chi connectivity index (χ0n) is 12.5. The summed E-state index contributed by atoms with van der Waals surface area (Å²) in [5.41, 5.74) is 3.96. The van der Waals surface area contributed by atoms with Crippen LogP contribution in [0.4, 0.5) is 0 Å². The molecule has 0 amide bonds. The molecule has 1 aliphatic rings. The second kappa shape index (κ2) is 6.40. The summed E-state index contributed by atoms with van der Waals surface area (Å²) in [6.45, 7) is 6.58. The monoisotopic (exact) mass is 262 g/mol. The van der Waals surface area contributed by atoms with Crippen LogP contribution in [0.15, 0.2) is 12.1 Å². The third-order valence-corrected chi connectivity index (χ3v) is 4.28. The minimum Gasteiger partial charge on any atom is -0.496 e. The van der Waals surface area contributed by atoms with E-state index in [4.69, 9.17) is 4.74 Å². The van der Waals surface area contributed by atoms with Gasteiger partial charge in [0.25, 0.3) is 0 Å². The normalized spacial score (nSPS) is 18.3. The third-order valence-electron chi connectivity index (χ3n) is 4.28. The summed E-state index contributed by atoms with van der Waals surface area (Å²) in [5.74, 6) is 1.71. The van der Waals surface area contributed by atoms with Gasteiger partial charge in [-0.25, -0.2) is 0 Å². The first-order valence-corrected chi connectivity index (χ1v) is 7.20. The van der Waals surface area contributed by atoms with Gasteiger partial charge in [-0.2, -0.15) is 0 Å². The Balaban J connectivity index is 2.29. The summed E-state index contributed by atoms with van der Waals surface area (Å²) >= 11 is 0. The number of rotatable bonds is 4. The maximum Gasteiger partial charge on any atom is 0.122 e. The van der Waals surface area contributed by atoms with E-state index in [9.17, 15) is 0 Å². The highest BCUT2D eigenvalue weighted by atomic mass is 16.5. The number of ether oxygens (including phenoxy) is 1. The van der Waals surface area contributed by atoms with Gasteiger partial charge in [0.15, 0.2) is 0 Å². The van der Waals surface area contributed by atoms with E-state index in [1.165, 1.54) is 29.5 Å². The van der Waals surface area contributed by atoms with Crippen LogP contribution >= 0.6 is 0 Å². The molecule has 1 aliphatic heterocycles. The molecule has 106 valence electrons. The van der Waals surface area contributed by atoms with Crippen molar-refractivity contribution in [3.05, 3.63) is 28.8 Å². The Labute approximate surface area is 116 Å². The summed E-state index contributed by atoms with van der Waals surface area (Å²) in [4.78, 5) is 0. The van der Waals surface area contributed by atoms with Crippen molar-refractivity contribution in [2.24, 2.45) is 5.92 Å². The topological polar surface area (TPSA) is 33.3 Å². The second-order valence-corrected chi connectivity index (χ2v) is 5.53. The third kappa shape index (κ3) is 3.10. The average molecular weight is 262 g/mol. The number of benzene rings is 1. The van der Waals surface area contributed by atoms with Crippen LogP contribution in [0, 0.1) is 19.8 Å². The van der Waals surface area contributed by atoms with Gasteiger partial charge in [-0.05, 0) is 75.5 Å². The molecule has 0 radical (unpaired) electrons. The first-order valence-electron chi connectivity index (χ1n) is 7.20. The molecule has 3 heteroatoms. The van der Waals surface area contributed by atoms with Crippen LogP contribution < -0.4 is 15.4 Å². The Bertz CT molecular complexity index is 425. The van der Waals surface area contributed by atoms with Gasteiger partial charge in [0, 0.05) is 6.04 Å².